The summed E-state index contributed by atoms with van der Waals surface area (Å²) in [6, 6.07) is 3.66. The fourth-order valence-electron chi connectivity index (χ4n) is 1.70. The van der Waals surface area contributed by atoms with Crippen molar-refractivity contribution in [3.8, 4) is 5.75 Å². The molecule has 4 N–H and O–H groups in total. The Morgan fingerprint density at radius 1 is 1.40 bits per heavy atom. The third-order valence-corrected chi connectivity index (χ3v) is 2.57. The molecule has 0 aliphatic rings. The standard InChI is InChI=1S/C12H20N2O/c1-3-14-11-6-7-12(15)9(2)10(11)5-4-8-13/h6-7,14-15H,3-5,8,13H2,1-2H3. The third-order valence-electron chi connectivity index (χ3n) is 2.57. The lowest BCUT2D eigenvalue weighted by Gasteiger charge is -2.14. The van der Waals surface area contributed by atoms with E-state index in [2.05, 4.69) is 12.2 Å². The van der Waals surface area contributed by atoms with Crippen LogP contribution in [0.15, 0.2) is 12.1 Å². The molecule has 0 saturated carbocycles. The fraction of sp³-hybridized carbons (Fsp3) is 0.500. The molecule has 0 amide bonds. The van der Waals surface area contributed by atoms with Gasteiger partial charge in [-0.05, 0) is 56.5 Å². The molecule has 0 aliphatic heterocycles. The van der Waals surface area contributed by atoms with Crippen molar-refractivity contribution in [2.75, 3.05) is 18.4 Å². The van der Waals surface area contributed by atoms with Gasteiger partial charge in [-0.3, -0.25) is 0 Å². The molecule has 0 atom stereocenters. The van der Waals surface area contributed by atoms with Crippen molar-refractivity contribution in [2.45, 2.75) is 26.7 Å². The van der Waals surface area contributed by atoms with Gasteiger partial charge in [0.05, 0.1) is 0 Å². The summed E-state index contributed by atoms with van der Waals surface area (Å²) in [6.07, 6.45) is 1.86. The van der Waals surface area contributed by atoms with Crippen molar-refractivity contribution in [3.63, 3.8) is 0 Å². The second kappa shape index (κ2) is 5.61. The predicted molar refractivity (Wildman–Crippen MR) is 64.4 cm³/mol. The Bertz CT molecular complexity index is 324. The van der Waals surface area contributed by atoms with Gasteiger partial charge in [0.25, 0.3) is 0 Å². The van der Waals surface area contributed by atoms with Crippen molar-refractivity contribution < 1.29 is 5.11 Å². The summed E-state index contributed by atoms with van der Waals surface area (Å²) in [5.74, 6) is 0.365. The maximum absolute atomic E-state index is 9.63. The quantitative estimate of drug-likeness (QED) is 0.649. The Morgan fingerprint density at radius 2 is 2.13 bits per heavy atom. The Morgan fingerprint density at radius 3 is 2.73 bits per heavy atom. The molecule has 0 fully saturated rings. The summed E-state index contributed by atoms with van der Waals surface area (Å²) < 4.78 is 0. The largest absolute Gasteiger partial charge is 0.508 e. The molecule has 0 spiro atoms. The van der Waals surface area contributed by atoms with E-state index in [4.69, 9.17) is 5.73 Å². The predicted octanol–water partition coefficient (Wildman–Crippen LogP) is 2.02. The van der Waals surface area contributed by atoms with Crippen molar-refractivity contribution in [1.82, 2.24) is 0 Å². The van der Waals surface area contributed by atoms with E-state index in [1.165, 1.54) is 5.56 Å². The van der Waals surface area contributed by atoms with Crippen LogP contribution in [0.4, 0.5) is 5.69 Å². The van der Waals surface area contributed by atoms with Gasteiger partial charge in [0.2, 0.25) is 0 Å². The smallest absolute Gasteiger partial charge is 0.118 e. The van der Waals surface area contributed by atoms with Gasteiger partial charge >= 0.3 is 0 Å². The van der Waals surface area contributed by atoms with Crippen LogP contribution in [0.3, 0.4) is 0 Å². The van der Waals surface area contributed by atoms with E-state index in [0.29, 0.717) is 12.3 Å². The van der Waals surface area contributed by atoms with E-state index in [0.717, 1.165) is 30.6 Å². The van der Waals surface area contributed by atoms with Crippen LogP contribution in [0.1, 0.15) is 24.5 Å². The van der Waals surface area contributed by atoms with Gasteiger partial charge in [-0.15, -0.1) is 0 Å². The van der Waals surface area contributed by atoms with Crippen molar-refractivity contribution in [1.29, 1.82) is 0 Å². The molecule has 0 unspecified atom stereocenters. The zero-order valence-electron chi connectivity index (χ0n) is 9.51. The first-order valence-electron chi connectivity index (χ1n) is 5.46. The number of benzene rings is 1. The van der Waals surface area contributed by atoms with E-state index in [1.54, 1.807) is 6.07 Å². The van der Waals surface area contributed by atoms with E-state index in [-0.39, 0.29) is 0 Å². The first-order chi connectivity index (χ1) is 7.20. The minimum Gasteiger partial charge on any atom is -0.508 e. The lowest BCUT2D eigenvalue weighted by molar-refractivity contribution is 0.470. The van der Waals surface area contributed by atoms with Crippen LogP contribution in [0.5, 0.6) is 5.75 Å². The first-order valence-corrected chi connectivity index (χ1v) is 5.46. The highest BCUT2D eigenvalue weighted by Gasteiger charge is 2.08. The SMILES string of the molecule is CCNc1ccc(O)c(C)c1CCCN. The van der Waals surface area contributed by atoms with Crippen molar-refractivity contribution in [3.05, 3.63) is 23.3 Å². The molecule has 0 heterocycles. The molecule has 0 bridgehead atoms. The number of rotatable bonds is 5. The Kier molecular flexibility index (Phi) is 4.43. The highest BCUT2D eigenvalue weighted by Crippen LogP contribution is 2.28. The number of hydrogen-bond donors (Lipinski definition) is 3. The molecular weight excluding hydrogens is 188 g/mol. The summed E-state index contributed by atoms with van der Waals surface area (Å²) >= 11 is 0. The maximum atomic E-state index is 9.63. The molecule has 0 radical (unpaired) electrons. The van der Waals surface area contributed by atoms with E-state index in [9.17, 15) is 5.11 Å². The monoisotopic (exact) mass is 208 g/mol. The molecule has 1 aromatic rings. The summed E-state index contributed by atoms with van der Waals surface area (Å²) in [5.41, 5.74) is 8.76. The molecule has 0 aliphatic carbocycles. The summed E-state index contributed by atoms with van der Waals surface area (Å²) in [7, 11) is 0. The van der Waals surface area contributed by atoms with Crippen molar-refractivity contribution >= 4 is 5.69 Å². The van der Waals surface area contributed by atoms with Gasteiger partial charge in [0.1, 0.15) is 5.75 Å². The summed E-state index contributed by atoms with van der Waals surface area (Å²) in [4.78, 5) is 0. The second-order valence-corrected chi connectivity index (χ2v) is 3.66. The minimum atomic E-state index is 0.365. The highest BCUT2D eigenvalue weighted by atomic mass is 16.3. The second-order valence-electron chi connectivity index (χ2n) is 3.66. The van der Waals surface area contributed by atoms with E-state index >= 15 is 0 Å². The molecule has 3 heteroatoms. The number of nitrogens with two attached hydrogens (primary N) is 1. The number of phenols is 1. The first kappa shape index (κ1) is 11.9. The van der Waals surface area contributed by atoms with E-state index < -0.39 is 0 Å². The average Bonchev–Trinajstić information content (AvgIpc) is 2.23. The average molecular weight is 208 g/mol. The van der Waals surface area contributed by atoms with Crippen LogP contribution in [0.25, 0.3) is 0 Å². The van der Waals surface area contributed by atoms with Crippen LogP contribution in [-0.2, 0) is 6.42 Å². The molecule has 1 aromatic carbocycles. The van der Waals surface area contributed by atoms with Gasteiger partial charge in [-0.1, -0.05) is 0 Å². The zero-order chi connectivity index (χ0) is 11.3. The molecule has 1 rings (SSSR count). The third kappa shape index (κ3) is 2.86. The van der Waals surface area contributed by atoms with Crippen LogP contribution < -0.4 is 11.1 Å². The van der Waals surface area contributed by atoms with Crippen LogP contribution in [0, 0.1) is 6.92 Å². The molecule has 0 aromatic heterocycles. The Hall–Kier alpha value is -1.22. The minimum absolute atomic E-state index is 0.365. The van der Waals surface area contributed by atoms with Gasteiger partial charge in [-0.25, -0.2) is 0 Å². The van der Waals surface area contributed by atoms with Gasteiger partial charge < -0.3 is 16.2 Å². The summed E-state index contributed by atoms with van der Waals surface area (Å²) in [6.45, 7) is 5.58. The normalized spacial score (nSPS) is 10.3. The molecule has 0 saturated heterocycles. The zero-order valence-corrected chi connectivity index (χ0v) is 9.51. The molecule has 15 heavy (non-hydrogen) atoms. The topological polar surface area (TPSA) is 58.3 Å². The number of phenolic OH excluding ortho intramolecular Hbond substituents is 1. The van der Waals surface area contributed by atoms with Gasteiger partial charge in [0.15, 0.2) is 0 Å². The Labute approximate surface area is 91.3 Å². The van der Waals surface area contributed by atoms with E-state index in [1.807, 2.05) is 13.0 Å². The lowest BCUT2D eigenvalue weighted by Crippen LogP contribution is -2.06. The Balaban J connectivity index is 2.99. The number of anilines is 1. The molecule has 3 nitrogen and oxygen atoms in total. The highest BCUT2D eigenvalue weighted by molar-refractivity contribution is 5.58. The maximum Gasteiger partial charge on any atom is 0.118 e. The summed E-state index contributed by atoms with van der Waals surface area (Å²) in [5, 5.41) is 12.9. The van der Waals surface area contributed by atoms with Gasteiger partial charge in [-0.2, -0.15) is 0 Å². The van der Waals surface area contributed by atoms with Crippen LogP contribution in [0.2, 0.25) is 0 Å². The number of hydrogen-bond acceptors (Lipinski definition) is 3. The number of nitrogens with one attached hydrogen (secondary N) is 1. The number of aromatic hydroxyl groups is 1. The van der Waals surface area contributed by atoms with Crippen LogP contribution >= 0.6 is 0 Å². The molecular formula is C12H20N2O. The lowest BCUT2D eigenvalue weighted by atomic mass is 10.0. The van der Waals surface area contributed by atoms with Crippen molar-refractivity contribution in [2.24, 2.45) is 5.73 Å². The fourth-order valence-corrected chi connectivity index (χ4v) is 1.70. The van der Waals surface area contributed by atoms with Gasteiger partial charge in [0, 0.05) is 12.2 Å². The molecule has 84 valence electrons. The van der Waals surface area contributed by atoms with Crippen LogP contribution in [-0.4, -0.2) is 18.2 Å².